The SMILES string of the molecule is CC(C)COc1cccc2oc(-c3ccc(N)cc3)cc(=O)c12. The van der Waals surface area contributed by atoms with Gasteiger partial charge < -0.3 is 14.9 Å². The van der Waals surface area contributed by atoms with Gasteiger partial charge in [0.2, 0.25) is 0 Å². The van der Waals surface area contributed by atoms with E-state index in [0.29, 0.717) is 40.7 Å². The number of rotatable bonds is 4. The van der Waals surface area contributed by atoms with Gasteiger partial charge in [-0.3, -0.25) is 4.79 Å². The van der Waals surface area contributed by atoms with Gasteiger partial charge in [0.25, 0.3) is 0 Å². The van der Waals surface area contributed by atoms with Crippen LogP contribution in [0.4, 0.5) is 5.69 Å². The molecule has 0 saturated heterocycles. The largest absolute Gasteiger partial charge is 0.492 e. The van der Waals surface area contributed by atoms with Crippen LogP contribution in [0.3, 0.4) is 0 Å². The molecule has 118 valence electrons. The minimum atomic E-state index is -0.113. The van der Waals surface area contributed by atoms with Crippen LogP contribution < -0.4 is 15.9 Å². The maximum absolute atomic E-state index is 12.5. The third-order valence-electron chi connectivity index (χ3n) is 3.48. The third kappa shape index (κ3) is 3.21. The number of nitrogens with two attached hydrogens (primary N) is 1. The Labute approximate surface area is 134 Å². The fourth-order valence-electron chi connectivity index (χ4n) is 2.34. The highest BCUT2D eigenvalue weighted by molar-refractivity contribution is 5.84. The second kappa shape index (κ2) is 6.16. The molecule has 1 heterocycles. The van der Waals surface area contributed by atoms with Crippen LogP contribution in [0.15, 0.2) is 57.7 Å². The summed E-state index contributed by atoms with van der Waals surface area (Å²) in [6, 6.07) is 14.1. The molecule has 2 N–H and O–H groups in total. The number of anilines is 1. The first-order valence-electron chi connectivity index (χ1n) is 7.60. The van der Waals surface area contributed by atoms with Crippen molar-refractivity contribution in [3.8, 4) is 17.1 Å². The van der Waals surface area contributed by atoms with Crippen molar-refractivity contribution in [1.82, 2.24) is 0 Å². The zero-order chi connectivity index (χ0) is 16.4. The Morgan fingerprint density at radius 2 is 1.87 bits per heavy atom. The summed E-state index contributed by atoms with van der Waals surface area (Å²) >= 11 is 0. The molecule has 3 rings (SSSR count). The first-order chi connectivity index (χ1) is 11.0. The van der Waals surface area contributed by atoms with Crippen molar-refractivity contribution in [1.29, 1.82) is 0 Å². The molecule has 3 aromatic rings. The molecule has 0 radical (unpaired) electrons. The van der Waals surface area contributed by atoms with Crippen LogP contribution in [0, 0.1) is 5.92 Å². The zero-order valence-electron chi connectivity index (χ0n) is 13.2. The van der Waals surface area contributed by atoms with E-state index < -0.39 is 0 Å². The molecule has 1 aromatic heterocycles. The van der Waals surface area contributed by atoms with Crippen molar-refractivity contribution in [3.63, 3.8) is 0 Å². The zero-order valence-corrected chi connectivity index (χ0v) is 13.2. The Morgan fingerprint density at radius 3 is 2.57 bits per heavy atom. The Bertz CT molecular complexity index is 879. The van der Waals surface area contributed by atoms with Crippen molar-refractivity contribution in [2.75, 3.05) is 12.3 Å². The van der Waals surface area contributed by atoms with Crippen LogP contribution in [-0.4, -0.2) is 6.61 Å². The molecule has 0 saturated carbocycles. The second-order valence-corrected chi connectivity index (χ2v) is 5.93. The van der Waals surface area contributed by atoms with Crippen molar-refractivity contribution in [2.24, 2.45) is 5.92 Å². The molecule has 4 heteroatoms. The molecule has 0 unspecified atom stereocenters. The average molecular weight is 309 g/mol. The molecule has 0 spiro atoms. The van der Waals surface area contributed by atoms with E-state index in [-0.39, 0.29) is 5.43 Å². The summed E-state index contributed by atoms with van der Waals surface area (Å²) in [4.78, 5) is 12.5. The molecule has 0 aliphatic heterocycles. The van der Waals surface area contributed by atoms with E-state index in [1.807, 2.05) is 18.2 Å². The van der Waals surface area contributed by atoms with Crippen molar-refractivity contribution >= 4 is 16.7 Å². The highest BCUT2D eigenvalue weighted by atomic mass is 16.5. The Hall–Kier alpha value is -2.75. The fraction of sp³-hybridized carbons (Fsp3) is 0.211. The van der Waals surface area contributed by atoms with E-state index >= 15 is 0 Å². The number of fused-ring (bicyclic) bond motifs is 1. The molecule has 0 aliphatic carbocycles. The van der Waals surface area contributed by atoms with Crippen molar-refractivity contribution in [3.05, 3.63) is 58.8 Å². The molecule has 0 amide bonds. The number of hydrogen-bond acceptors (Lipinski definition) is 4. The predicted octanol–water partition coefficient (Wildman–Crippen LogP) is 4.08. The van der Waals surface area contributed by atoms with Crippen LogP contribution in [0.25, 0.3) is 22.3 Å². The second-order valence-electron chi connectivity index (χ2n) is 5.93. The van der Waals surface area contributed by atoms with E-state index in [1.54, 1.807) is 24.3 Å². The highest BCUT2D eigenvalue weighted by Gasteiger charge is 2.12. The average Bonchev–Trinajstić information content (AvgIpc) is 2.53. The van der Waals surface area contributed by atoms with Crippen LogP contribution >= 0.6 is 0 Å². The van der Waals surface area contributed by atoms with Crippen molar-refractivity contribution in [2.45, 2.75) is 13.8 Å². The fourth-order valence-corrected chi connectivity index (χ4v) is 2.34. The van der Waals surface area contributed by atoms with Gasteiger partial charge in [-0.15, -0.1) is 0 Å². The quantitative estimate of drug-likeness (QED) is 0.738. The lowest BCUT2D eigenvalue weighted by molar-refractivity contribution is 0.273. The lowest BCUT2D eigenvalue weighted by Crippen LogP contribution is -2.08. The maximum Gasteiger partial charge on any atom is 0.197 e. The normalized spacial score (nSPS) is 11.1. The molecule has 0 fully saturated rings. The standard InChI is InChI=1S/C19H19NO3/c1-12(2)11-22-16-4-3-5-17-19(16)15(21)10-18(23-17)13-6-8-14(20)9-7-13/h3-10,12H,11,20H2,1-2H3. The van der Waals surface area contributed by atoms with E-state index in [4.69, 9.17) is 14.9 Å². The summed E-state index contributed by atoms with van der Waals surface area (Å²) in [5.74, 6) is 1.46. The minimum Gasteiger partial charge on any atom is -0.492 e. The van der Waals surface area contributed by atoms with E-state index in [2.05, 4.69) is 13.8 Å². The van der Waals surface area contributed by atoms with Crippen LogP contribution in [0.5, 0.6) is 5.75 Å². The van der Waals surface area contributed by atoms with Gasteiger partial charge in [0.1, 0.15) is 22.5 Å². The lowest BCUT2D eigenvalue weighted by atomic mass is 10.1. The summed E-state index contributed by atoms with van der Waals surface area (Å²) in [6.45, 7) is 4.68. The van der Waals surface area contributed by atoms with E-state index in [1.165, 1.54) is 6.07 Å². The number of benzene rings is 2. The molecule has 0 atom stereocenters. The Morgan fingerprint density at radius 1 is 1.13 bits per heavy atom. The van der Waals surface area contributed by atoms with Crippen molar-refractivity contribution < 1.29 is 9.15 Å². The highest BCUT2D eigenvalue weighted by Crippen LogP contribution is 2.27. The topological polar surface area (TPSA) is 65.5 Å². The van der Waals surface area contributed by atoms with Gasteiger partial charge in [-0.25, -0.2) is 0 Å². The van der Waals surface area contributed by atoms with Gasteiger partial charge >= 0.3 is 0 Å². The summed E-state index contributed by atoms with van der Waals surface area (Å²) in [6.07, 6.45) is 0. The van der Waals surface area contributed by atoms with E-state index in [0.717, 1.165) is 5.56 Å². The molecule has 0 bridgehead atoms. The number of nitrogen functional groups attached to an aromatic ring is 1. The van der Waals surface area contributed by atoms with Crippen LogP contribution in [0.2, 0.25) is 0 Å². The first kappa shape index (κ1) is 15.2. The Kier molecular flexibility index (Phi) is 4.06. The van der Waals surface area contributed by atoms with Gasteiger partial charge in [-0.1, -0.05) is 19.9 Å². The Balaban J connectivity index is 2.09. The van der Waals surface area contributed by atoms with Gasteiger partial charge in [0.05, 0.1) is 6.61 Å². The summed E-state index contributed by atoms with van der Waals surface area (Å²) in [5, 5.41) is 0.479. The summed E-state index contributed by atoms with van der Waals surface area (Å²) in [7, 11) is 0. The van der Waals surface area contributed by atoms with E-state index in [9.17, 15) is 4.79 Å². The molecular formula is C19H19NO3. The summed E-state index contributed by atoms with van der Waals surface area (Å²) < 4.78 is 11.6. The smallest absolute Gasteiger partial charge is 0.197 e. The number of hydrogen-bond donors (Lipinski definition) is 1. The van der Waals surface area contributed by atoms with Crippen LogP contribution in [-0.2, 0) is 0 Å². The predicted molar refractivity (Wildman–Crippen MR) is 92.7 cm³/mol. The third-order valence-corrected chi connectivity index (χ3v) is 3.48. The molecule has 0 aliphatic rings. The monoisotopic (exact) mass is 309 g/mol. The maximum atomic E-state index is 12.5. The van der Waals surface area contributed by atoms with Gasteiger partial charge in [-0.05, 0) is 42.3 Å². The van der Waals surface area contributed by atoms with Gasteiger partial charge in [0.15, 0.2) is 5.43 Å². The molecule has 23 heavy (non-hydrogen) atoms. The molecular weight excluding hydrogens is 290 g/mol. The lowest BCUT2D eigenvalue weighted by Gasteiger charge is -2.11. The van der Waals surface area contributed by atoms with Crippen LogP contribution in [0.1, 0.15) is 13.8 Å². The molecule has 4 nitrogen and oxygen atoms in total. The minimum absolute atomic E-state index is 0.113. The first-order valence-corrected chi connectivity index (χ1v) is 7.60. The number of ether oxygens (including phenoxy) is 1. The molecule has 2 aromatic carbocycles. The van der Waals surface area contributed by atoms with Gasteiger partial charge in [0, 0.05) is 17.3 Å². The van der Waals surface area contributed by atoms with Gasteiger partial charge in [-0.2, -0.15) is 0 Å². The summed E-state index contributed by atoms with van der Waals surface area (Å²) in [5.41, 5.74) is 7.58.